The fourth-order valence-electron chi connectivity index (χ4n) is 2.40. The van der Waals surface area contributed by atoms with Crippen LogP contribution in [-0.2, 0) is 19.6 Å². The fourth-order valence-corrected chi connectivity index (χ4v) is 3.83. The van der Waals surface area contributed by atoms with E-state index >= 15 is 0 Å². The maximum absolute atomic E-state index is 12.8. The highest BCUT2D eigenvalue weighted by molar-refractivity contribution is 7.89. The number of carbonyl (C=O) groups excluding carboxylic acids is 1. The molecule has 0 radical (unpaired) electrons. The van der Waals surface area contributed by atoms with Gasteiger partial charge in [-0.1, -0.05) is 35.9 Å². The Labute approximate surface area is 179 Å². The van der Waals surface area contributed by atoms with E-state index in [0.717, 1.165) is 12.7 Å². The summed E-state index contributed by atoms with van der Waals surface area (Å²) in [6.45, 7) is 5.43. The highest BCUT2D eigenvalue weighted by Gasteiger charge is 2.25. The average Bonchev–Trinajstić information content (AvgIpc) is 2.72. The van der Waals surface area contributed by atoms with Crippen LogP contribution in [0, 0.1) is 17.0 Å². The van der Waals surface area contributed by atoms with Gasteiger partial charge in [-0.15, -0.1) is 0 Å². The minimum absolute atomic E-state index is 0.00405. The van der Waals surface area contributed by atoms with Gasteiger partial charge >= 0.3 is 5.97 Å². The van der Waals surface area contributed by atoms with Gasteiger partial charge in [0.25, 0.3) is 5.69 Å². The number of nitrogens with one attached hydrogen (secondary N) is 1. The number of methoxy groups -OCH3 is 1. The summed E-state index contributed by atoms with van der Waals surface area (Å²) in [5.41, 5.74) is 0.956. The molecule has 30 heavy (non-hydrogen) atoms. The maximum Gasteiger partial charge on any atom is 0.335 e. The first-order valence-corrected chi connectivity index (χ1v) is 10.4. The molecule has 2 rings (SSSR count). The molecular weight excluding hydrogens is 432 g/mol. The van der Waals surface area contributed by atoms with E-state index in [4.69, 9.17) is 11.6 Å². The second-order valence-electron chi connectivity index (χ2n) is 6.25. The van der Waals surface area contributed by atoms with Crippen molar-refractivity contribution in [3.63, 3.8) is 0 Å². The second kappa shape index (κ2) is 9.66. The molecule has 0 fully saturated rings. The van der Waals surface area contributed by atoms with E-state index in [1.807, 2.05) is 6.92 Å². The first-order valence-electron chi connectivity index (χ1n) is 8.53. The van der Waals surface area contributed by atoms with E-state index in [0.29, 0.717) is 5.56 Å². The number of rotatable bonds is 8. The van der Waals surface area contributed by atoms with Crippen molar-refractivity contribution in [3.8, 4) is 0 Å². The molecule has 0 aliphatic carbocycles. The van der Waals surface area contributed by atoms with Gasteiger partial charge in [-0.2, -0.15) is 4.72 Å². The zero-order valence-corrected chi connectivity index (χ0v) is 17.7. The number of nitrogens with zero attached hydrogens (tertiary/aromatic N) is 1. The second-order valence-corrected chi connectivity index (χ2v) is 8.37. The number of nitro benzene ring substituents is 1. The number of aryl methyl sites for hydroxylation is 1. The summed E-state index contributed by atoms with van der Waals surface area (Å²) in [6.07, 6.45) is 1.27. The lowest BCUT2D eigenvalue weighted by atomic mass is 10.1. The van der Waals surface area contributed by atoms with Gasteiger partial charge in [-0.3, -0.25) is 10.1 Å². The van der Waals surface area contributed by atoms with Crippen molar-refractivity contribution in [1.29, 1.82) is 0 Å². The van der Waals surface area contributed by atoms with Crippen LogP contribution in [0.3, 0.4) is 0 Å². The lowest BCUT2D eigenvalue weighted by Crippen LogP contribution is -2.37. The summed E-state index contributed by atoms with van der Waals surface area (Å²) in [7, 11) is -2.88. The molecule has 10 heteroatoms. The molecule has 0 saturated heterocycles. The molecule has 0 aliphatic rings. The van der Waals surface area contributed by atoms with E-state index in [-0.39, 0.29) is 21.2 Å². The molecule has 2 aromatic rings. The van der Waals surface area contributed by atoms with E-state index < -0.39 is 27.0 Å². The maximum atomic E-state index is 12.8. The molecule has 158 valence electrons. The number of non-ortho nitro benzene ring substituents is 1. The van der Waals surface area contributed by atoms with E-state index in [9.17, 15) is 23.3 Å². The number of benzene rings is 2. The van der Waals surface area contributed by atoms with E-state index in [1.165, 1.54) is 42.5 Å². The Morgan fingerprint density at radius 1 is 1.20 bits per heavy atom. The molecule has 1 unspecified atom stereocenters. The third-order valence-corrected chi connectivity index (χ3v) is 5.90. The Hall–Kier alpha value is -3.01. The minimum Gasteiger partial charge on any atom is -0.466 e. The predicted molar refractivity (Wildman–Crippen MR) is 113 cm³/mol. The van der Waals surface area contributed by atoms with Gasteiger partial charge in [0.2, 0.25) is 10.0 Å². The van der Waals surface area contributed by atoms with Crippen molar-refractivity contribution in [3.05, 3.63) is 88.0 Å². The number of sulfonamides is 1. The molecule has 0 aromatic heterocycles. The SMILES string of the molecule is C=C(C(=O)OC)C(/C=C(\Cl)c1ccc([N+](=O)[O-])cc1)NS(=O)(=O)c1ccc(C)cc1. The van der Waals surface area contributed by atoms with Gasteiger partial charge in [-0.05, 0) is 42.8 Å². The van der Waals surface area contributed by atoms with Crippen LogP contribution in [0.15, 0.2) is 71.7 Å². The molecule has 8 nitrogen and oxygen atoms in total. The molecule has 2 aromatic carbocycles. The van der Waals surface area contributed by atoms with Crippen LogP contribution >= 0.6 is 11.6 Å². The molecule has 0 bridgehead atoms. The lowest BCUT2D eigenvalue weighted by Gasteiger charge is -2.17. The van der Waals surface area contributed by atoms with Crippen LogP contribution in [0.25, 0.3) is 5.03 Å². The first kappa shape index (κ1) is 23.3. The molecular formula is C20H19ClN2O6S. The Bertz CT molecular complexity index is 1090. The van der Waals surface area contributed by atoms with Crippen LogP contribution < -0.4 is 4.72 Å². The highest BCUT2D eigenvalue weighted by atomic mass is 35.5. The van der Waals surface area contributed by atoms with E-state index in [1.54, 1.807) is 12.1 Å². The van der Waals surface area contributed by atoms with Crippen LogP contribution in [0.4, 0.5) is 5.69 Å². The smallest absolute Gasteiger partial charge is 0.335 e. The Kier molecular flexibility index (Phi) is 7.49. The zero-order valence-electron chi connectivity index (χ0n) is 16.2. The van der Waals surface area contributed by atoms with Crippen molar-refractivity contribution in [2.24, 2.45) is 0 Å². The first-order chi connectivity index (χ1) is 14.0. The molecule has 0 amide bonds. The number of ether oxygens (including phenoxy) is 1. The Morgan fingerprint density at radius 2 is 1.77 bits per heavy atom. The quantitative estimate of drug-likeness (QED) is 0.284. The number of halogens is 1. The average molecular weight is 451 g/mol. The van der Waals surface area contributed by atoms with Crippen molar-refractivity contribution < 1.29 is 22.9 Å². The van der Waals surface area contributed by atoms with Crippen LogP contribution in [-0.4, -0.2) is 32.5 Å². The number of nitro groups is 1. The summed E-state index contributed by atoms with van der Waals surface area (Å²) in [4.78, 5) is 22.2. The largest absolute Gasteiger partial charge is 0.466 e. The molecule has 0 aliphatic heterocycles. The number of hydrogen-bond acceptors (Lipinski definition) is 6. The molecule has 1 N–H and O–H groups in total. The molecule has 0 heterocycles. The minimum atomic E-state index is -4.02. The van der Waals surface area contributed by atoms with Gasteiger partial charge < -0.3 is 4.74 Å². The molecule has 1 atom stereocenters. The fraction of sp³-hybridized carbons (Fsp3) is 0.150. The molecule has 0 saturated carbocycles. The lowest BCUT2D eigenvalue weighted by molar-refractivity contribution is -0.384. The summed E-state index contributed by atoms with van der Waals surface area (Å²) in [5.74, 6) is -0.823. The van der Waals surface area contributed by atoms with Crippen molar-refractivity contribution in [1.82, 2.24) is 4.72 Å². The van der Waals surface area contributed by atoms with Crippen LogP contribution in [0.2, 0.25) is 0 Å². The normalized spacial score (nSPS) is 12.8. The predicted octanol–water partition coefficient (Wildman–Crippen LogP) is 3.56. The van der Waals surface area contributed by atoms with Crippen molar-refractivity contribution in [2.45, 2.75) is 17.9 Å². The number of esters is 1. The van der Waals surface area contributed by atoms with Crippen molar-refractivity contribution >= 4 is 38.3 Å². The number of carbonyl (C=O) groups is 1. The standard InChI is InChI=1S/C20H19ClN2O6S/c1-13-4-10-17(11-5-13)30(27,28)22-19(14(2)20(24)29-3)12-18(21)15-6-8-16(9-7-15)23(25)26/h4-12,19,22H,2H2,1,3H3/b18-12-. The van der Waals surface area contributed by atoms with E-state index in [2.05, 4.69) is 16.0 Å². The van der Waals surface area contributed by atoms with Gasteiger partial charge in [-0.25, -0.2) is 13.2 Å². The van der Waals surface area contributed by atoms with Gasteiger partial charge in [0.1, 0.15) is 0 Å². The topological polar surface area (TPSA) is 116 Å². The van der Waals surface area contributed by atoms with Gasteiger partial charge in [0.15, 0.2) is 0 Å². The van der Waals surface area contributed by atoms with Crippen molar-refractivity contribution in [2.75, 3.05) is 7.11 Å². The zero-order chi connectivity index (χ0) is 22.5. The third-order valence-electron chi connectivity index (χ3n) is 4.10. The monoisotopic (exact) mass is 450 g/mol. The number of hydrogen-bond donors (Lipinski definition) is 1. The summed E-state index contributed by atoms with van der Waals surface area (Å²) in [5, 5.41) is 10.8. The Morgan fingerprint density at radius 3 is 2.27 bits per heavy atom. The van der Waals surface area contributed by atoms with Gasteiger partial charge in [0, 0.05) is 17.2 Å². The van der Waals surface area contributed by atoms with Crippen LogP contribution in [0.5, 0.6) is 0 Å². The van der Waals surface area contributed by atoms with Gasteiger partial charge in [0.05, 0.1) is 28.5 Å². The summed E-state index contributed by atoms with van der Waals surface area (Å²) < 4.78 is 32.5. The third kappa shape index (κ3) is 5.76. The summed E-state index contributed by atoms with van der Waals surface area (Å²) in [6, 6.07) is 10.2. The summed E-state index contributed by atoms with van der Waals surface area (Å²) >= 11 is 6.28. The van der Waals surface area contributed by atoms with Crippen LogP contribution in [0.1, 0.15) is 11.1 Å². The molecule has 0 spiro atoms. The highest BCUT2D eigenvalue weighted by Crippen LogP contribution is 2.24. The Balaban J connectivity index is 2.40.